The first kappa shape index (κ1) is 15.0. The van der Waals surface area contributed by atoms with E-state index in [1.807, 2.05) is 30.3 Å². The summed E-state index contributed by atoms with van der Waals surface area (Å²) in [5.74, 6) is 0.270. The first-order valence-corrected chi connectivity index (χ1v) is 7.36. The number of nitrogens with zero attached hydrogens (tertiary/aromatic N) is 1. The van der Waals surface area contributed by atoms with Crippen LogP contribution in [0, 0.1) is 0 Å². The highest BCUT2D eigenvalue weighted by Crippen LogP contribution is 2.34. The van der Waals surface area contributed by atoms with Crippen molar-refractivity contribution in [3.8, 4) is 5.75 Å². The third kappa shape index (κ3) is 2.63. The Morgan fingerprint density at radius 3 is 2.52 bits per heavy atom. The average Bonchev–Trinajstić information content (AvgIpc) is 2.59. The standard InChI is InChI=1S/C19H17NO3/c1-12(14-7-5-4-6-8-14)18(21)15-9-10-16-17(11-15)23-13(2)19(22)20(16)3/h4-11,13H,1H2,2-3H3. The number of allylic oxidation sites excluding steroid dienone is 1. The Balaban J connectivity index is 1.93. The number of rotatable bonds is 3. The van der Waals surface area contributed by atoms with Crippen LogP contribution in [0.2, 0.25) is 0 Å². The van der Waals surface area contributed by atoms with Crippen molar-refractivity contribution >= 4 is 23.0 Å². The first-order chi connectivity index (χ1) is 11.0. The fourth-order valence-corrected chi connectivity index (χ4v) is 2.60. The number of ether oxygens (including phenoxy) is 1. The van der Waals surface area contributed by atoms with Gasteiger partial charge in [-0.25, -0.2) is 0 Å². The molecule has 2 aromatic carbocycles. The largest absolute Gasteiger partial charge is 0.479 e. The number of hydrogen-bond acceptors (Lipinski definition) is 3. The van der Waals surface area contributed by atoms with E-state index >= 15 is 0 Å². The summed E-state index contributed by atoms with van der Waals surface area (Å²) in [5.41, 5.74) is 2.37. The van der Waals surface area contributed by atoms with Gasteiger partial charge in [-0.3, -0.25) is 9.59 Å². The number of Topliss-reactive ketones (excluding diaryl/α,β-unsaturated/α-hetero) is 1. The third-order valence-electron chi connectivity index (χ3n) is 3.96. The Labute approximate surface area is 135 Å². The molecule has 1 aliphatic rings. The Morgan fingerprint density at radius 1 is 1.13 bits per heavy atom. The van der Waals surface area contributed by atoms with Gasteiger partial charge in [0.2, 0.25) is 0 Å². The molecule has 23 heavy (non-hydrogen) atoms. The zero-order valence-electron chi connectivity index (χ0n) is 13.1. The summed E-state index contributed by atoms with van der Waals surface area (Å²) in [6, 6.07) is 14.4. The number of carbonyl (C=O) groups is 2. The second kappa shape index (κ2) is 5.72. The van der Waals surface area contributed by atoms with Crippen LogP contribution >= 0.6 is 0 Å². The highest BCUT2D eigenvalue weighted by molar-refractivity contribution is 6.28. The van der Waals surface area contributed by atoms with E-state index in [1.165, 1.54) is 0 Å². The molecule has 4 heteroatoms. The van der Waals surface area contributed by atoms with Gasteiger partial charge in [0, 0.05) is 18.2 Å². The number of amides is 1. The van der Waals surface area contributed by atoms with Gasteiger partial charge in [-0.1, -0.05) is 36.9 Å². The molecule has 3 rings (SSSR count). The molecule has 2 aromatic rings. The van der Waals surface area contributed by atoms with Crippen LogP contribution in [0.5, 0.6) is 5.75 Å². The van der Waals surface area contributed by atoms with Gasteiger partial charge in [0.05, 0.1) is 5.69 Å². The second-order valence-electron chi connectivity index (χ2n) is 5.51. The van der Waals surface area contributed by atoms with E-state index in [2.05, 4.69) is 6.58 Å². The van der Waals surface area contributed by atoms with Crippen molar-refractivity contribution in [3.63, 3.8) is 0 Å². The average molecular weight is 307 g/mol. The van der Waals surface area contributed by atoms with Crippen LogP contribution in [0.3, 0.4) is 0 Å². The lowest BCUT2D eigenvalue weighted by Crippen LogP contribution is -2.42. The fourth-order valence-electron chi connectivity index (χ4n) is 2.60. The summed E-state index contributed by atoms with van der Waals surface area (Å²) in [6.45, 7) is 5.59. The maximum Gasteiger partial charge on any atom is 0.267 e. The van der Waals surface area contributed by atoms with Gasteiger partial charge in [0.1, 0.15) is 5.75 Å². The maximum absolute atomic E-state index is 12.6. The molecule has 0 aromatic heterocycles. The molecule has 0 N–H and O–H groups in total. The minimum absolute atomic E-state index is 0.106. The van der Waals surface area contributed by atoms with Crippen LogP contribution in [0.25, 0.3) is 5.57 Å². The number of ketones is 1. The molecule has 0 aliphatic carbocycles. The van der Waals surface area contributed by atoms with Gasteiger partial charge in [0.15, 0.2) is 11.9 Å². The Bertz CT molecular complexity index is 796. The molecule has 0 bridgehead atoms. The number of benzene rings is 2. The molecule has 1 atom stereocenters. The van der Waals surface area contributed by atoms with Crippen LogP contribution in [0.1, 0.15) is 22.8 Å². The summed E-state index contributed by atoms with van der Waals surface area (Å²) < 4.78 is 5.62. The maximum atomic E-state index is 12.6. The lowest BCUT2D eigenvalue weighted by molar-refractivity contribution is -0.125. The third-order valence-corrected chi connectivity index (χ3v) is 3.96. The molecule has 0 saturated carbocycles. The van der Waals surface area contributed by atoms with E-state index in [0.29, 0.717) is 22.6 Å². The fraction of sp³-hybridized carbons (Fsp3) is 0.158. The lowest BCUT2D eigenvalue weighted by atomic mass is 9.97. The zero-order valence-corrected chi connectivity index (χ0v) is 13.1. The molecule has 0 radical (unpaired) electrons. The van der Waals surface area contributed by atoms with Gasteiger partial charge in [0.25, 0.3) is 5.91 Å². The normalized spacial score (nSPS) is 16.5. The second-order valence-corrected chi connectivity index (χ2v) is 5.51. The van der Waals surface area contributed by atoms with E-state index in [4.69, 9.17) is 4.74 Å². The van der Waals surface area contributed by atoms with Gasteiger partial charge in [-0.2, -0.15) is 0 Å². The van der Waals surface area contributed by atoms with Gasteiger partial charge in [-0.05, 0) is 30.7 Å². The molecule has 1 heterocycles. The Kier molecular flexibility index (Phi) is 3.74. The smallest absolute Gasteiger partial charge is 0.267 e. The zero-order chi connectivity index (χ0) is 16.6. The molecule has 0 spiro atoms. The van der Waals surface area contributed by atoms with Gasteiger partial charge < -0.3 is 9.64 Å². The predicted octanol–water partition coefficient (Wildman–Crippen LogP) is 3.33. The summed E-state index contributed by atoms with van der Waals surface area (Å²) in [7, 11) is 1.70. The number of likely N-dealkylation sites (N-methyl/N-ethyl adjacent to an activating group) is 1. The predicted molar refractivity (Wildman–Crippen MR) is 89.7 cm³/mol. The van der Waals surface area contributed by atoms with Crippen molar-refractivity contribution < 1.29 is 14.3 Å². The molecule has 4 nitrogen and oxygen atoms in total. The van der Waals surface area contributed by atoms with Crippen molar-refractivity contribution in [3.05, 3.63) is 66.2 Å². The summed E-state index contributed by atoms with van der Waals surface area (Å²) in [6.07, 6.45) is -0.560. The highest BCUT2D eigenvalue weighted by Gasteiger charge is 2.29. The summed E-state index contributed by atoms with van der Waals surface area (Å²) >= 11 is 0. The highest BCUT2D eigenvalue weighted by atomic mass is 16.5. The van der Waals surface area contributed by atoms with E-state index in [1.54, 1.807) is 37.1 Å². The van der Waals surface area contributed by atoms with Crippen molar-refractivity contribution in [2.45, 2.75) is 13.0 Å². The molecule has 1 aliphatic heterocycles. The summed E-state index contributed by atoms with van der Waals surface area (Å²) in [5, 5.41) is 0. The molecule has 0 saturated heterocycles. The van der Waals surface area contributed by atoms with Crippen molar-refractivity contribution in [1.29, 1.82) is 0 Å². The van der Waals surface area contributed by atoms with Gasteiger partial charge >= 0.3 is 0 Å². The van der Waals surface area contributed by atoms with Crippen LogP contribution < -0.4 is 9.64 Å². The molecule has 1 unspecified atom stereocenters. The monoisotopic (exact) mass is 307 g/mol. The first-order valence-electron chi connectivity index (χ1n) is 7.36. The van der Waals surface area contributed by atoms with Crippen LogP contribution in [0.4, 0.5) is 5.69 Å². The number of anilines is 1. The number of hydrogen-bond donors (Lipinski definition) is 0. The van der Waals surface area contributed by atoms with E-state index < -0.39 is 6.10 Å². The quantitative estimate of drug-likeness (QED) is 0.645. The van der Waals surface area contributed by atoms with Crippen LogP contribution in [-0.4, -0.2) is 24.8 Å². The van der Waals surface area contributed by atoms with E-state index in [9.17, 15) is 9.59 Å². The molecule has 0 fully saturated rings. The van der Waals surface area contributed by atoms with E-state index in [-0.39, 0.29) is 11.7 Å². The number of carbonyl (C=O) groups excluding carboxylic acids is 2. The molecular weight excluding hydrogens is 290 g/mol. The minimum atomic E-state index is -0.560. The lowest BCUT2D eigenvalue weighted by Gasteiger charge is -2.30. The molecular formula is C19H17NO3. The van der Waals surface area contributed by atoms with Crippen molar-refractivity contribution in [1.82, 2.24) is 0 Å². The molecule has 116 valence electrons. The topological polar surface area (TPSA) is 46.6 Å². The van der Waals surface area contributed by atoms with Crippen LogP contribution in [0.15, 0.2) is 55.1 Å². The molecule has 1 amide bonds. The van der Waals surface area contributed by atoms with Crippen molar-refractivity contribution in [2.24, 2.45) is 0 Å². The van der Waals surface area contributed by atoms with E-state index in [0.717, 1.165) is 5.56 Å². The van der Waals surface area contributed by atoms with Crippen LogP contribution in [-0.2, 0) is 4.79 Å². The number of fused-ring (bicyclic) bond motifs is 1. The Hall–Kier alpha value is -2.88. The SMILES string of the molecule is C=C(C(=O)c1ccc2c(c1)OC(C)C(=O)N2C)c1ccccc1. The van der Waals surface area contributed by atoms with Gasteiger partial charge in [-0.15, -0.1) is 0 Å². The van der Waals surface area contributed by atoms with Crippen molar-refractivity contribution in [2.75, 3.05) is 11.9 Å². The Morgan fingerprint density at radius 2 is 1.83 bits per heavy atom. The minimum Gasteiger partial charge on any atom is -0.479 e. The summed E-state index contributed by atoms with van der Waals surface area (Å²) in [4.78, 5) is 26.1.